The van der Waals surface area contributed by atoms with Gasteiger partial charge in [-0.3, -0.25) is 0 Å². The SMILES string of the molecule is COc1ccc(C(N)=S)cc1OCCO[Si](C)(C)C(C)(C)C. The molecule has 0 aliphatic heterocycles. The normalized spacial score (nSPS) is 12.1. The third-order valence-corrected chi connectivity index (χ3v) is 8.83. The maximum Gasteiger partial charge on any atom is 0.192 e. The Labute approximate surface area is 140 Å². The number of nitrogens with two attached hydrogens (primary N) is 1. The van der Waals surface area contributed by atoms with Crippen molar-refractivity contribution in [3.63, 3.8) is 0 Å². The minimum absolute atomic E-state index is 0.191. The molecule has 0 heterocycles. The first kappa shape index (κ1) is 18.9. The van der Waals surface area contributed by atoms with Crippen molar-refractivity contribution in [1.29, 1.82) is 0 Å². The van der Waals surface area contributed by atoms with E-state index in [4.69, 9.17) is 31.9 Å². The number of hydrogen-bond acceptors (Lipinski definition) is 4. The van der Waals surface area contributed by atoms with Gasteiger partial charge >= 0.3 is 0 Å². The first-order chi connectivity index (χ1) is 10.1. The summed E-state index contributed by atoms with van der Waals surface area (Å²) >= 11 is 4.99. The summed E-state index contributed by atoms with van der Waals surface area (Å²) in [4.78, 5) is 0.338. The van der Waals surface area contributed by atoms with Crippen LogP contribution >= 0.6 is 12.2 Å². The summed E-state index contributed by atoms with van der Waals surface area (Å²) in [7, 11) is -0.140. The van der Waals surface area contributed by atoms with E-state index in [2.05, 4.69) is 33.9 Å². The molecule has 0 radical (unpaired) electrons. The fourth-order valence-corrected chi connectivity index (χ4v) is 2.76. The van der Waals surface area contributed by atoms with Gasteiger partial charge in [0, 0.05) is 5.56 Å². The molecule has 0 spiro atoms. The summed E-state index contributed by atoms with van der Waals surface area (Å²) in [6.45, 7) is 12.1. The Morgan fingerprint density at radius 1 is 1.18 bits per heavy atom. The van der Waals surface area contributed by atoms with Gasteiger partial charge in [-0.2, -0.15) is 0 Å². The van der Waals surface area contributed by atoms with Gasteiger partial charge in [0.2, 0.25) is 0 Å². The lowest BCUT2D eigenvalue weighted by Crippen LogP contribution is -2.41. The van der Waals surface area contributed by atoms with E-state index >= 15 is 0 Å². The van der Waals surface area contributed by atoms with Gasteiger partial charge in [-0.25, -0.2) is 0 Å². The summed E-state index contributed by atoms with van der Waals surface area (Å²) in [6, 6.07) is 5.42. The van der Waals surface area contributed by atoms with Crippen LogP contribution in [0.2, 0.25) is 18.1 Å². The van der Waals surface area contributed by atoms with E-state index < -0.39 is 8.32 Å². The number of thiocarbonyl (C=S) groups is 1. The molecule has 0 amide bonds. The van der Waals surface area contributed by atoms with Crippen molar-refractivity contribution in [3.05, 3.63) is 23.8 Å². The molecule has 0 aliphatic carbocycles. The fraction of sp³-hybridized carbons (Fsp3) is 0.562. The highest BCUT2D eigenvalue weighted by Crippen LogP contribution is 2.36. The monoisotopic (exact) mass is 341 g/mol. The Morgan fingerprint density at radius 2 is 1.82 bits per heavy atom. The lowest BCUT2D eigenvalue weighted by molar-refractivity contribution is 0.199. The van der Waals surface area contributed by atoms with Crippen LogP contribution in [0.25, 0.3) is 0 Å². The molecule has 6 heteroatoms. The van der Waals surface area contributed by atoms with Crippen molar-refractivity contribution < 1.29 is 13.9 Å². The highest BCUT2D eigenvalue weighted by atomic mass is 32.1. The first-order valence-electron chi connectivity index (χ1n) is 7.33. The van der Waals surface area contributed by atoms with Gasteiger partial charge in [-0.05, 0) is 36.3 Å². The number of ether oxygens (including phenoxy) is 2. The van der Waals surface area contributed by atoms with Crippen molar-refractivity contribution in [3.8, 4) is 11.5 Å². The minimum Gasteiger partial charge on any atom is -0.493 e. The molecule has 0 fully saturated rings. The molecule has 1 aromatic carbocycles. The van der Waals surface area contributed by atoms with E-state index in [1.807, 2.05) is 6.07 Å². The lowest BCUT2D eigenvalue weighted by Gasteiger charge is -2.36. The van der Waals surface area contributed by atoms with E-state index in [0.29, 0.717) is 29.7 Å². The largest absolute Gasteiger partial charge is 0.493 e. The van der Waals surface area contributed by atoms with Crippen molar-refractivity contribution in [1.82, 2.24) is 0 Å². The van der Waals surface area contributed by atoms with Crippen LogP contribution in [0.1, 0.15) is 26.3 Å². The predicted octanol–water partition coefficient (Wildman–Crippen LogP) is 3.73. The average Bonchev–Trinajstić information content (AvgIpc) is 2.42. The Kier molecular flexibility index (Phi) is 6.40. The molecular weight excluding hydrogens is 314 g/mol. The lowest BCUT2D eigenvalue weighted by atomic mass is 10.2. The second-order valence-electron chi connectivity index (χ2n) is 6.69. The molecule has 4 nitrogen and oxygen atoms in total. The number of rotatable bonds is 7. The fourth-order valence-electron chi connectivity index (χ4n) is 1.61. The van der Waals surface area contributed by atoms with Crippen molar-refractivity contribution in [2.45, 2.75) is 38.9 Å². The highest BCUT2D eigenvalue weighted by Gasteiger charge is 2.36. The average molecular weight is 342 g/mol. The summed E-state index contributed by atoms with van der Waals surface area (Å²) in [6.07, 6.45) is 0. The first-order valence-corrected chi connectivity index (χ1v) is 10.6. The van der Waals surface area contributed by atoms with Gasteiger partial charge in [-0.15, -0.1) is 0 Å². The molecule has 22 heavy (non-hydrogen) atoms. The molecule has 0 aliphatic rings. The second kappa shape index (κ2) is 7.44. The Balaban J connectivity index is 2.65. The molecule has 124 valence electrons. The molecule has 0 bridgehead atoms. The van der Waals surface area contributed by atoms with Crippen molar-refractivity contribution in [2.75, 3.05) is 20.3 Å². The van der Waals surface area contributed by atoms with E-state index in [0.717, 1.165) is 5.56 Å². The topological polar surface area (TPSA) is 53.7 Å². The smallest absolute Gasteiger partial charge is 0.192 e. The van der Waals surface area contributed by atoms with Gasteiger partial charge in [-0.1, -0.05) is 33.0 Å². The van der Waals surface area contributed by atoms with Crippen molar-refractivity contribution in [2.24, 2.45) is 5.73 Å². The van der Waals surface area contributed by atoms with Crippen LogP contribution in [-0.4, -0.2) is 33.6 Å². The van der Waals surface area contributed by atoms with Gasteiger partial charge in [0.15, 0.2) is 19.8 Å². The number of benzene rings is 1. The van der Waals surface area contributed by atoms with Crippen LogP contribution in [0, 0.1) is 0 Å². The van der Waals surface area contributed by atoms with Gasteiger partial charge in [0.1, 0.15) is 11.6 Å². The molecular formula is C16H27NO3SSi. The molecule has 0 aromatic heterocycles. The zero-order valence-corrected chi connectivity index (χ0v) is 16.2. The minimum atomic E-state index is -1.75. The molecule has 1 aromatic rings. The molecule has 0 saturated carbocycles. The molecule has 2 N–H and O–H groups in total. The summed E-state index contributed by atoms with van der Waals surface area (Å²) < 4.78 is 17.2. The molecule has 1 rings (SSSR count). The zero-order valence-electron chi connectivity index (χ0n) is 14.4. The van der Waals surface area contributed by atoms with E-state index in [1.165, 1.54) is 0 Å². The Bertz CT molecular complexity index is 527. The summed E-state index contributed by atoms with van der Waals surface area (Å²) in [5, 5.41) is 0.191. The third-order valence-electron chi connectivity index (χ3n) is 4.06. The van der Waals surface area contributed by atoms with Gasteiger partial charge < -0.3 is 19.6 Å². The van der Waals surface area contributed by atoms with Crippen LogP contribution in [0.5, 0.6) is 11.5 Å². The zero-order chi connectivity index (χ0) is 17.0. The molecule has 0 unspecified atom stereocenters. The van der Waals surface area contributed by atoms with Gasteiger partial charge in [0.05, 0.1) is 13.7 Å². The van der Waals surface area contributed by atoms with Crippen molar-refractivity contribution >= 4 is 25.5 Å². The van der Waals surface area contributed by atoms with E-state index in [9.17, 15) is 0 Å². The summed E-state index contributed by atoms with van der Waals surface area (Å²) in [5.74, 6) is 1.29. The van der Waals surface area contributed by atoms with E-state index in [1.54, 1.807) is 19.2 Å². The van der Waals surface area contributed by atoms with Crippen LogP contribution in [0.15, 0.2) is 18.2 Å². The maximum absolute atomic E-state index is 6.09. The number of hydrogen-bond donors (Lipinski definition) is 1. The molecule has 0 atom stereocenters. The standard InChI is InChI=1S/C16H27NO3SSi/c1-16(2,3)22(5,6)20-10-9-19-14-11-12(15(17)21)7-8-13(14)18-4/h7-8,11H,9-10H2,1-6H3,(H2,17,21). The highest BCUT2D eigenvalue weighted by molar-refractivity contribution is 7.80. The number of methoxy groups -OCH3 is 1. The van der Waals surface area contributed by atoms with E-state index in [-0.39, 0.29) is 5.04 Å². The third kappa shape index (κ3) is 4.96. The quantitative estimate of drug-likeness (QED) is 0.465. The Hall–Kier alpha value is -1.11. The Morgan fingerprint density at radius 3 is 2.32 bits per heavy atom. The predicted molar refractivity (Wildman–Crippen MR) is 97.5 cm³/mol. The second-order valence-corrected chi connectivity index (χ2v) is 11.9. The van der Waals surface area contributed by atoms with Gasteiger partial charge in [0.25, 0.3) is 0 Å². The summed E-state index contributed by atoms with van der Waals surface area (Å²) in [5.41, 5.74) is 6.41. The van der Waals surface area contributed by atoms with Crippen LogP contribution in [0.4, 0.5) is 0 Å². The van der Waals surface area contributed by atoms with Crippen LogP contribution < -0.4 is 15.2 Å². The van der Waals surface area contributed by atoms with Crippen LogP contribution in [-0.2, 0) is 4.43 Å². The molecule has 0 saturated heterocycles. The van der Waals surface area contributed by atoms with Crippen LogP contribution in [0.3, 0.4) is 0 Å². The maximum atomic E-state index is 6.09.